The molecular weight excluding hydrogens is 438 g/mol. The normalized spacial score (nSPS) is 10.7. The Morgan fingerprint density at radius 2 is 2.06 bits per heavy atom. The number of methoxy groups -OCH3 is 1. The fourth-order valence-corrected chi connectivity index (χ4v) is 4.46. The smallest absolute Gasteiger partial charge is 0.350 e. The van der Waals surface area contributed by atoms with Crippen molar-refractivity contribution in [2.45, 2.75) is 32.5 Å². The van der Waals surface area contributed by atoms with Crippen molar-refractivity contribution in [1.82, 2.24) is 19.7 Å². The molecule has 0 saturated carbocycles. The number of benzene rings is 1. The van der Waals surface area contributed by atoms with Crippen molar-refractivity contribution >= 4 is 40.1 Å². The maximum Gasteiger partial charge on any atom is 0.350 e. The molecule has 11 heteroatoms. The molecule has 0 atom stereocenters. The minimum Gasteiger partial charge on any atom is -0.497 e. The summed E-state index contributed by atoms with van der Waals surface area (Å²) >= 11 is 2.38. The molecule has 0 aliphatic heterocycles. The molecule has 2 aromatic heterocycles. The zero-order chi connectivity index (χ0) is 22.4. The molecule has 3 rings (SSSR count). The van der Waals surface area contributed by atoms with Crippen LogP contribution in [-0.2, 0) is 16.1 Å². The van der Waals surface area contributed by atoms with E-state index >= 15 is 0 Å². The second kappa shape index (κ2) is 10.4. The van der Waals surface area contributed by atoms with E-state index in [2.05, 4.69) is 20.5 Å². The highest BCUT2D eigenvalue weighted by Crippen LogP contribution is 2.27. The average Bonchev–Trinajstić information content (AvgIpc) is 3.35. The van der Waals surface area contributed by atoms with Crippen molar-refractivity contribution in [1.29, 1.82) is 0 Å². The van der Waals surface area contributed by atoms with Gasteiger partial charge in [0.1, 0.15) is 10.6 Å². The van der Waals surface area contributed by atoms with Crippen molar-refractivity contribution < 1.29 is 19.1 Å². The van der Waals surface area contributed by atoms with Crippen LogP contribution >= 0.6 is 23.1 Å². The summed E-state index contributed by atoms with van der Waals surface area (Å²) in [5, 5.41) is 12.3. The van der Waals surface area contributed by atoms with Gasteiger partial charge in [-0.15, -0.1) is 10.2 Å². The lowest BCUT2D eigenvalue weighted by molar-refractivity contribution is -0.113. The Kier molecular flexibility index (Phi) is 7.64. The van der Waals surface area contributed by atoms with Crippen LogP contribution in [0.5, 0.6) is 5.75 Å². The van der Waals surface area contributed by atoms with Gasteiger partial charge in [-0.1, -0.05) is 35.2 Å². The fourth-order valence-electron chi connectivity index (χ4n) is 2.78. The minimum atomic E-state index is -0.437. The van der Waals surface area contributed by atoms with Crippen molar-refractivity contribution in [2.75, 3.05) is 24.8 Å². The summed E-state index contributed by atoms with van der Waals surface area (Å²) in [6, 6.07) is 7.59. The Morgan fingerprint density at radius 1 is 1.26 bits per heavy atom. The second-order valence-corrected chi connectivity index (χ2v) is 8.21. The predicted molar refractivity (Wildman–Crippen MR) is 120 cm³/mol. The lowest BCUT2D eigenvalue weighted by Gasteiger charge is -2.08. The number of nitrogens with one attached hydrogen (secondary N) is 1. The van der Waals surface area contributed by atoms with Crippen LogP contribution in [0.2, 0.25) is 0 Å². The molecule has 1 aromatic carbocycles. The Labute approximate surface area is 188 Å². The molecular formula is C20H23N5O4S2. The Morgan fingerprint density at radius 3 is 2.77 bits per heavy atom. The quantitative estimate of drug-likeness (QED) is 0.380. The number of ether oxygens (including phenoxy) is 2. The topological polar surface area (TPSA) is 108 Å². The van der Waals surface area contributed by atoms with Crippen LogP contribution in [0, 0.1) is 6.92 Å². The van der Waals surface area contributed by atoms with Crippen LogP contribution in [0.25, 0.3) is 11.4 Å². The van der Waals surface area contributed by atoms with Crippen LogP contribution < -0.4 is 10.1 Å². The van der Waals surface area contributed by atoms with Crippen molar-refractivity contribution in [3.8, 4) is 17.1 Å². The summed E-state index contributed by atoms with van der Waals surface area (Å²) < 4.78 is 12.2. The molecule has 0 bridgehead atoms. The van der Waals surface area contributed by atoms with Gasteiger partial charge in [0.15, 0.2) is 16.1 Å². The summed E-state index contributed by atoms with van der Waals surface area (Å²) in [6.45, 7) is 6.37. The van der Waals surface area contributed by atoms with Crippen molar-refractivity contribution in [2.24, 2.45) is 0 Å². The first-order valence-electron chi connectivity index (χ1n) is 9.61. The number of hydrogen-bond donors (Lipinski definition) is 1. The molecule has 0 aliphatic carbocycles. The number of carbonyl (C=O) groups excluding carboxylic acids is 2. The number of anilines is 1. The summed E-state index contributed by atoms with van der Waals surface area (Å²) in [4.78, 5) is 28.9. The average molecular weight is 462 g/mol. The van der Waals surface area contributed by atoms with Crippen LogP contribution in [0.15, 0.2) is 29.4 Å². The largest absolute Gasteiger partial charge is 0.497 e. The van der Waals surface area contributed by atoms with E-state index in [-0.39, 0.29) is 18.3 Å². The number of thiazole rings is 1. The number of aryl methyl sites for hydroxylation is 1. The zero-order valence-corrected chi connectivity index (χ0v) is 19.3. The maximum absolute atomic E-state index is 12.4. The molecule has 1 N–H and O–H groups in total. The predicted octanol–water partition coefficient (Wildman–Crippen LogP) is 3.65. The molecule has 31 heavy (non-hydrogen) atoms. The third-order valence-corrected chi connectivity index (χ3v) is 6.22. The van der Waals surface area contributed by atoms with Gasteiger partial charge in [-0.25, -0.2) is 9.78 Å². The van der Waals surface area contributed by atoms with Gasteiger partial charge in [-0.2, -0.15) is 0 Å². The standard InChI is InChI=1S/C20H23N5O4S2/c1-5-25-17(13-8-7-9-14(10-13)28-4)23-24-20(25)30-11-15(26)22-19-21-12(3)16(31-19)18(27)29-6-2/h7-10H,5-6,11H2,1-4H3,(H,21,22,26). The van der Waals surface area contributed by atoms with Crippen LogP contribution in [0.1, 0.15) is 29.2 Å². The zero-order valence-electron chi connectivity index (χ0n) is 17.7. The van der Waals surface area contributed by atoms with Crippen molar-refractivity contribution in [3.63, 3.8) is 0 Å². The Bertz CT molecular complexity index is 1080. The van der Waals surface area contributed by atoms with Crippen molar-refractivity contribution in [3.05, 3.63) is 34.8 Å². The summed E-state index contributed by atoms with van der Waals surface area (Å²) in [5.41, 5.74) is 1.41. The van der Waals surface area contributed by atoms with Crippen LogP contribution in [0.4, 0.5) is 5.13 Å². The lowest BCUT2D eigenvalue weighted by atomic mass is 10.2. The van der Waals surface area contributed by atoms with E-state index in [1.807, 2.05) is 35.8 Å². The summed E-state index contributed by atoms with van der Waals surface area (Å²) in [5.74, 6) is 0.886. The fraction of sp³-hybridized carbons (Fsp3) is 0.350. The highest BCUT2D eigenvalue weighted by Gasteiger charge is 2.19. The third-order valence-electron chi connectivity index (χ3n) is 4.20. The number of carbonyl (C=O) groups is 2. The van der Waals surface area contributed by atoms with E-state index in [1.165, 1.54) is 11.8 Å². The number of nitrogens with zero attached hydrogens (tertiary/aromatic N) is 4. The Hall–Kier alpha value is -2.92. The molecule has 0 spiro atoms. The number of esters is 1. The molecule has 3 aromatic rings. The SMILES string of the molecule is CCOC(=O)c1sc(NC(=O)CSc2nnc(-c3cccc(OC)c3)n2CC)nc1C. The van der Waals surface area contributed by atoms with E-state index in [9.17, 15) is 9.59 Å². The number of hydrogen-bond acceptors (Lipinski definition) is 9. The molecule has 2 heterocycles. The monoisotopic (exact) mass is 461 g/mol. The maximum atomic E-state index is 12.4. The van der Waals surface area contributed by atoms with Gasteiger partial charge in [-0.05, 0) is 32.9 Å². The molecule has 0 fully saturated rings. The van der Waals surface area contributed by atoms with E-state index in [0.717, 1.165) is 22.6 Å². The first-order valence-corrected chi connectivity index (χ1v) is 11.4. The molecule has 0 aliphatic rings. The second-order valence-electron chi connectivity index (χ2n) is 6.27. The van der Waals surface area contributed by atoms with Gasteiger partial charge in [0.2, 0.25) is 5.91 Å². The highest BCUT2D eigenvalue weighted by atomic mass is 32.2. The Balaban J connectivity index is 1.66. The first kappa shape index (κ1) is 22.8. The van der Waals surface area contributed by atoms with Gasteiger partial charge in [0.05, 0.1) is 25.2 Å². The molecule has 0 saturated heterocycles. The van der Waals surface area contributed by atoms with Gasteiger partial charge >= 0.3 is 5.97 Å². The molecule has 0 radical (unpaired) electrons. The third kappa shape index (κ3) is 5.42. The van der Waals surface area contributed by atoms with E-state index < -0.39 is 5.97 Å². The highest BCUT2D eigenvalue weighted by molar-refractivity contribution is 7.99. The van der Waals surface area contributed by atoms with Crippen LogP contribution in [-0.4, -0.2) is 51.1 Å². The number of rotatable bonds is 9. The number of aromatic nitrogens is 4. The number of thioether (sulfide) groups is 1. The summed E-state index contributed by atoms with van der Waals surface area (Å²) in [6.07, 6.45) is 0. The molecule has 0 unspecified atom stereocenters. The lowest BCUT2D eigenvalue weighted by Crippen LogP contribution is -2.14. The molecule has 164 valence electrons. The number of amides is 1. The minimum absolute atomic E-state index is 0.129. The first-order chi connectivity index (χ1) is 15.0. The van der Waals surface area contributed by atoms with Gasteiger partial charge in [0.25, 0.3) is 0 Å². The van der Waals surface area contributed by atoms with E-state index in [0.29, 0.717) is 33.2 Å². The van der Waals surface area contributed by atoms with E-state index in [4.69, 9.17) is 9.47 Å². The summed E-state index contributed by atoms with van der Waals surface area (Å²) in [7, 11) is 1.61. The van der Waals surface area contributed by atoms with Gasteiger partial charge < -0.3 is 19.4 Å². The van der Waals surface area contributed by atoms with Gasteiger partial charge in [0, 0.05) is 12.1 Å². The molecule has 9 nitrogen and oxygen atoms in total. The molecule has 1 amide bonds. The van der Waals surface area contributed by atoms with E-state index in [1.54, 1.807) is 21.0 Å². The van der Waals surface area contributed by atoms with Crippen LogP contribution in [0.3, 0.4) is 0 Å². The van der Waals surface area contributed by atoms with Gasteiger partial charge in [-0.3, -0.25) is 4.79 Å².